The van der Waals surface area contributed by atoms with Crippen LogP contribution in [0.25, 0.3) is 11.3 Å². The molecule has 0 aliphatic carbocycles. The maximum atomic E-state index is 11.9. The summed E-state index contributed by atoms with van der Waals surface area (Å²) in [5.74, 6) is 0.190. The zero-order chi connectivity index (χ0) is 15.4. The molecule has 0 unspecified atom stereocenters. The molecular formula is C15H14BrN3O3. The summed E-state index contributed by atoms with van der Waals surface area (Å²) < 4.78 is 11.4. The number of ether oxygens (including phenoxy) is 2. The summed E-state index contributed by atoms with van der Waals surface area (Å²) in [5.41, 5.74) is 1.65. The summed E-state index contributed by atoms with van der Waals surface area (Å²) in [6.45, 7) is 2.12. The fraction of sp³-hybridized carbons (Fsp3) is 0.267. The molecule has 22 heavy (non-hydrogen) atoms. The van der Waals surface area contributed by atoms with Crippen molar-refractivity contribution >= 4 is 22.0 Å². The molecule has 114 valence electrons. The highest BCUT2D eigenvalue weighted by molar-refractivity contribution is 9.10. The van der Waals surface area contributed by atoms with E-state index in [9.17, 15) is 4.79 Å². The fourth-order valence-corrected chi connectivity index (χ4v) is 2.48. The number of hydrogen-bond donors (Lipinski definition) is 0. The highest BCUT2D eigenvalue weighted by Gasteiger charge is 2.19. The lowest BCUT2D eigenvalue weighted by molar-refractivity contribution is 0.0411. The van der Waals surface area contributed by atoms with Crippen LogP contribution in [-0.2, 0) is 4.74 Å². The second kappa shape index (κ2) is 6.85. The summed E-state index contributed by atoms with van der Waals surface area (Å²) in [4.78, 5) is 13.5. The molecule has 1 saturated heterocycles. The Balaban J connectivity index is 1.67. The van der Waals surface area contributed by atoms with Crippen molar-refractivity contribution in [1.29, 1.82) is 0 Å². The standard InChI is InChI=1S/C15H14BrN3O3/c16-12-3-1-2-11(10-12)13-4-5-14(18-17-13)22-15(20)19-6-8-21-9-7-19/h1-5,10H,6-9H2. The molecule has 6 nitrogen and oxygen atoms in total. The Hall–Kier alpha value is -1.99. The minimum Gasteiger partial charge on any atom is -0.389 e. The molecule has 0 radical (unpaired) electrons. The first-order valence-corrected chi connectivity index (χ1v) is 7.66. The van der Waals surface area contributed by atoms with E-state index in [1.807, 2.05) is 24.3 Å². The van der Waals surface area contributed by atoms with Gasteiger partial charge in [-0.3, -0.25) is 0 Å². The molecular weight excluding hydrogens is 350 g/mol. The van der Waals surface area contributed by atoms with Crippen LogP contribution in [0, 0.1) is 0 Å². The van der Waals surface area contributed by atoms with Gasteiger partial charge in [-0.25, -0.2) is 4.79 Å². The van der Waals surface area contributed by atoms with E-state index >= 15 is 0 Å². The van der Waals surface area contributed by atoms with Crippen molar-refractivity contribution in [3.8, 4) is 17.1 Å². The van der Waals surface area contributed by atoms with Gasteiger partial charge in [-0.1, -0.05) is 28.1 Å². The number of carbonyl (C=O) groups is 1. The van der Waals surface area contributed by atoms with E-state index in [4.69, 9.17) is 9.47 Å². The summed E-state index contributed by atoms with van der Waals surface area (Å²) in [5, 5.41) is 8.05. The highest BCUT2D eigenvalue weighted by Crippen LogP contribution is 2.21. The van der Waals surface area contributed by atoms with Gasteiger partial charge in [-0.05, 0) is 18.2 Å². The molecule has 1 aliphatic heterocycles. The number of nitrogens with zero attached hydrogens (tertiary/aromatic N) is 3. The summed E-state index contributed by atoms with van der Waals surface area (Å²) >= 11 is 3.42. The highest BCUT2D eigenvalue weighted by atomic mass is 79.9. The van der Waals surface area contributed by atoms with Crippen molar-refractivity contribution in [3.05, 3.63) is 40.9 Å². The van der Waals surface area contributed by atoms with E-state index in [0.29, 0.717) is 32.0 Å². The van der Waals surface area contributed by atoms with Crippen LogP contribution in [-0.4, -0.2) is 47.5 Å². The molecule has 7 heteroatoms. The number of aromatic nitrogens is 2. The maximum Gasteiger partial charge on any atom is 0.416 e. The lowest BCUT2D eigenvalue weighted by Gasteiger charge is -2.25. The first kappa shape index (κ1) is 14.9. The third kappa shape index (κ3) is 3.61. The SMILES string of the molecule is O=C(Oc1ccc(-c2cccc(Br)c2)nn1)N1CCOCC1. The Kier molecular flexibility index (Phi) is 4.65. The first-order valence-electron chi connectivity index (χ1n) is 6.86. The van der Waals surface area contributed by atoms with Crippen LogP contribution in [0.4, 0.5) is 4.79 Å². The average molecular weight is 364 g/mol. The minimum atomic E-state index is -0.423. The van der Waals surface area contributed by atoms with Gasteiger partial charge in [-0.15, -0.1) is 10.2 Å². The predicted molar refractivity (Wildman–Crippen MR) is 83.6 cm³/mol. The van der Waals surface area contributed by atoms with Gasteiger partial charge in [0.2, 0.25) is 5.88 Å². The Bertz CT molecular complexity index is 657. The molecule has 1 aromatic heterocycles. The van der Waals surface area contributed by atoms with Crippen molar-refractivity contribution in [2.75, 3.05) is 26.3 Å². The van der Waals surface area contributed by atoms with Crippen LogP contribution in [0.15, 0.2) is 40.9 Å². The van der Waals surface area contributed by atoms with Crippen LogP contribution < -0.4 is 4.74 Å². The normalized spacial score (nSPS) is 14.7. The lowest BCUT2D eigenvalue weighted by atomic mass is 10.1. The van der Waals surface area contributed by atoms with E-state index in [2.05, 4.69) is 26.1 Å². The topological polar surface area (TPSA) is 64.5 Å². The minimum absolute atomic E-state index is 0.190. The maximum absolute atomic E-state index is 11.9. The van der Waals surface area contributed by atoms with E-state index in [-0.39, 0.29) is 5.88 Å². The van der Waals surface area contributed by atoms with Gasteiger partial charge in [-0.2, -0.15) is 0 Å². The molecule has 1 amide bonds. The van der Waals surface area contributed by atoms with Crippen LogP contribution in [0.1, 0.15) is 0 Å². The van der Waals surface area contributed by atoms with Crippen molar-refractivity contribution in [2.45, 2.75) is 0 Å². The molecule has 0 spiro atoms. The molecule has 1 aliphatic rings. The smallest absolute Gasteiger partial charge is 0.389 e. The lowest BCUT2D eigenvalue weighted by Crippen LogP contribution is -2.42. The molecule has 1 fully saturated rings. The quantitative estimate of drug-likeness (QED) is 0.820. The molecule has 2 heterocycles. The van der Waals surface area contributed by atoms with Crippen LogP contribution >= 0.6 is 15.9 Å². The number of benzene rings is 1. The number of morpholine rings is 1. The van der Waals surface area contributed by atoms with E-state index < -0.39 is 6.09 Å². The molecule has 3 rings (SSSR count). The Morgan fingerprint density at radius 1 is 1.18 bits per heavy atom. The van der Waals surface area contributed by atoms with Gasteiger partial charge in [0, 0.05) is 29.2 Å². The Labute approximate surface area is 136 Å². The molecule has 2 aromatic rings. The van der Waals surface area contributed by atoms with Crippen LogP contribution in [0.2, 0.25) is 0 Å². The first-order chi connectivity index (χ1) is 10.7. The van der Waals surface area contributed by atoms with E-state index in [0.717, 1.165) is 10.0 Å². The van der Waals surface area contributed by atoms with Crippen molar-refractivity contribution in [2.24, 2.45) is 0 Å². The third-order valence-electron chi connectivity index (χ3n) is 3.22. The zero-order valence-electron chi connectivity index (χ0n) is 11.7. The monoisotopic (exact) mass is 363 g/mol. The van der Waals surface area contributed by atoms with Crippen molar-refractivity contribution < 1.29 is 14.3 Å². The number of rotatable bonds is 2. The molecule has 0 N–H and O–H groups in total. The number of carbonyl (C=O) groups excluding carboxylic acids is 1. The van der Waals surface area contributed by atoms with Gasteiger partial charge >= 0.3 is 6.09 Å². The third-order valence-corrected chi connectivity index (χ3v) is 3.71. The zero-order valence-corrected chi connectivity index (χ0v) is 13.3. The Morgan fingerprint density at radius 3 is 2.68 bits per heavy atom. The molecule has 0 saturated carbocycles. The average Bonchev–Trinajstić information content (AvgIpc) is 2.56. The largest absolute Gasteiger partial charge is 0.416 e. The Morgan fingerprint density at radius 2 is 2.00 bits per heavy atom. The van der Waals surface area contributed by atoms with Crippen molar-refractivity contribution in [3.63, 3.8) is 0 Å². The second-order valence-corrected chi connectivity index (χ2v) is 5.65. The van der Waals surface area contributed by atoms with E-state index in [1.54, 1.807) is 17.0 Å². The molecule has 0 bridgehead atoms. The fourth-order valence-electron chi connectivity index (χ4n) is 2.08. The van der Waals surface area contributed by atoms with E-state index in [1.165, 1.54) is 0 Å². The van der Waals surface area contributed by atoms with Crippen molar-refractivity contribution in [1.82, 2.24) is 15.1 Å². The molecule has 1 aromatic carbocycles. The summed E-state index contributed by atoms with van der Waals surface area (Å²) in [6.07, 6.45) is -0.423. The summed E-state index contributed by atoms with van der Waals surface area (Å²) in [6, 6.07) is 11.2. The number of halogens is 1. The molecule has 0 atom stereocenters. The number of hydrogen-bond acceptors (Lipinski definition) is 5. The predicted octanol–water partition coefficient (Wildman–Crippen LogP) is 2.74. The van der Waals surface area contributed by atoms with Gasteiger partial charge in [0.1, 0.15) is 0 Å². The second-order valence-electron chi connectivity index (χ2n) is 4.73. The van der Waals surface area contributed by atoms with Gasteiger partial charge in [0.25, 0.3) is 0 Å². The van der Waals surface area contributed by atoms with Crippen LogP contribution in [0.3, 0.4) is 0 Å². The summed E-state index contributed by atoms with van der Waals surface area (Å²) in [7, 11) is 0. The van der Waals surface area contributed by atoms with Crippen LogP contribution in [0.5, 0.6) is 5.88 Å². The van der Waals surface area contributed by atoms with Gasteiger partial charge in [0.05, 0.1) is 18.9 Å². The van der Waals surface area contributed by atoms with Gasteiger partial charge < -0.3 is 14.4 Å². The van der Waals surface area contributed by atoms with Gasteiger partial charge in [0.15, 0.2) is 0 Å². The number of amides is 1.